The lowest BCUT2D eigenvalue weighted by Crippen LogP contribution is -2.49. The number of carbonyl (C=O) groups is 2. The van der Waals surface area contributed by atoms with Crippen LogP contribution >= 0.6 is 0 Å². The molecule has 0 aliphatic heterocycles. The van der Waals surface area contributed by atoms with Gasteiger partial charge in [-0.05, 0) is 31.6 Å². The van der Waals surface area contributed by atoms with Gasteiger partial charge in [0.25, 0.3) is 0 Å². The Morgan fingerprint density at radius 2 is 1.78 bits per heavy atom. The molecule has 104 valence electrons. The molecule has 0 radical (unpaired) electrons. The first-order chi connectivity index (χ1) is 8.51. The first kappa shape index (κ1) is 15.0. The SMILES string of the molecule is CCC(CC)(CC(=O)O)NC(=O)CC1CCCC1. The Balaban J connectivity index is 2.53. The van der Waals surface area contributed by atoms with Gasteiger partial charge in [-0.2, -0.15) is 0 Å². The normalized spacial score (nSPS) is 16.8. The van der Waals surface area contributed by atoms with Crippen molar-refractivity contribution >= 4 is 11.9 Å². The number of aliphatic carboxylic acids is 1. The predicted octanol–water partition coefficient (Wildman–Crippen LogP) is 2.72. The van der Waals surface area contributed by atoms with Crippen LogP contribution in [-0.4, -0.2) is 22.5 Å². The van der Waals surface area contributed by atoms with Crippen molar-refractivity contribution in [1.29, 1.82) is 0 Å². The van der Waals surface area contributed by atoms with Crippen LogP contribution in [0, 0.1) is 5.92 Å². The number of nitrogens with one attached hydrogen (secondary N) is 1. The van der Waals surface area contributed by atoms with Gasteiger partial charge in [0, 0.05) is 12.0 Å². The number of rotatable bonds is 7. The van der Waals surface area contributed by atoms with Crippen LogP contribution in [0.5, 0.6) is 0 Å². The van der Waals surface area contributed by atoms with E-state index in [1.54, 1.807) is 0 Å². The third kappa shape index (κ3) is 4.31. The molecule has 1 aliphatic rings. The lowest BCUT2D eigenvalue weighted by atomic mass is 9.88. The average Bonchev–Trinajstić information content (AvgIpc) is 2.80. The molecular formula is C14H25NO3. The van der Waals surface area contributed by atoms with Gasteiger partial charge in [-0.15, -0.1) is 0 Å². The fraction of sp³-hybridized carbons (Fsp3) is 0.857. The summed E-state index contributed by atoms with van der Waals surface area (Å²) < 4.78 is 0. The van der Waals surface area contributed by atoms with Crippen LogP contribution in [0.2, 0.25) is 0 Å². The third-order valence-electron chi connectivity index (χ3n) is 4.20. The van der Waals surface area contributed by atoms with Gasteiger partial charge in [-0.25, -0.2) is 0 Å². The summed E-state index contributed by atoms with van der Waals surface area (Å²) in [4.78, 5) is 22.9. The van der Waals surface area contributed by atoms with E-state index in [9.17, 15) is 9.59 Å². The maximum absolute atomic E-state index is 12.0. The molecule has 0 heterocycles. The Kier molecular flexibility index (Phi) is 5.63. The fourth-order valence-corrected chi connectivity index (χ4v) is 2.83. The van der Waals surface area contributed by atoms with Crippen molar-refractivity contribution in [3.63, 3.8) is 0 Å². The molecule has 1 amide bonds. The third-order valence-corrected chi connectivity index (χ3v) is 4.20. The van der Waals surface area contributed by atoms with Crippen LogP contribution in [-0.2, 0) is 9.59 Å². The minimum Gasteiger partial charge on any atom is -0.481 e. The van der Waals surface area contributed by atoms with E-state index in [0.29, 0.717) is 25.2 Å². The van der Waals surface area contributed by atoms with Gasteiger partial charge in [-0.1, -0.05) is 26.7 Å². The number of carboxylic acids is 1. The van der Waals surface area contributed by atoms with E-state index >= 15 is 0 Å². The van der Waals surface area contributed by atoms with E-state index < -0.39 is 11.5 Å². The van der Waals surface area contributed by atoms with Crippen molar-refractivity contribution in [3.05, 3.63) is 0 Å². The smallest absolute Gasteiger partial charge is 0.305 e. The zero-order valence-corrected chi connectivity index (χ0v) is 11.5. The molecule has 4 heteroatoms. The van der Waals surface area contributed by atoms with Gasteiger partial charge in [0.2, 0.25) is 5.91 Å². The molecule has 0 saturated heterocycles. The van der Waals surface area contributed by atoms with Gasteiger partial charge < -0.3 is 10.4 Å². The minimum absolute atomic E-state index is 0.0103. The molecule has 18 heavy (non-hydrogen) atoms. The zero-order valence-electron chi connectivity index (χ0n) is 11.5. The van der Waals surface area contributed by atoms with Crippen molar-refractivity contribution in [2.75, 3.05) is 0 Å². The molecule has 2 N–H and O–H groups in total. The summed E-state index contributed by atoms with van der Waals surface area (Å²) in [5, 5.41) is 11.9. The Labute approximate surface area is 109 Å². The second-order valence-corrected chi connectivity index (χ2v) is 5.46. The van der Waals surface area contributed by atoms with E-state index in [-0.39, 0.29) is 12.3 Å². The highest BCUT2D eigenvalue weighted by Crippen LogP contribution is 2.28. The molecule has 0 aromatic rings. The molecule has 0 unspecified atom stereocenters. The monoisotopic (exact) mass is 255 g/mol. The van der Waals surface area contributed by atoms with Gasteiger partial charge in [0.15, 0.2) is 0 Å². The Bertz CT molecular complexity index is 291. The first-order valence-electron chi connectivity index (χ1n) is 7.04. The van der Waals surface area contributed by atoms with E-state index in [4.69, 9.17) is 5.11 Å². The standard InChI is InChI=1S/C14H25NO3/c1-3-14(4-2,10-13(17)18)15-12(16)9-11-7-5-6-8-11/h11H,3-10H2,1-2H3,(H,15,16)(H,17,18). The summed E-state index contributed by atoms with van der Waals surface area (Å²) in [7, 11) is 0. The van der Waals surface area contributed by atoms with Gasteiger partial charge in [0.05, 0.1) is 6.42 Å². The lowest BCUT2D eigenvalue weighted by Gasteiger charge is -2.31. The highest BCUT2D eigenvalue weighted by atomic mass is 16.4. The topological polar surface area (TPSA) is 66.4 Å². The lowest BCUT2D eigenvalue weighted by molar-refractivity contribution is -0.139. The summed E-state index contributed by atoms with van der Waals surface area (Å²) in [6.45, 7) is 3.87. The van der Waals surface area contributed by atoms with Crippen molar-refractivity contribution < 1.29 is 14.7 Å². The maximum Gasteiger partial charge on any atom is 0.305 e. The summed E-state index contributed by atoms with van der Waals surface area (Å²) >= 11 is 0. The van der Waals surface area contributed by atoms with Crippen LogP contribution in [0.4, 0.5) is 0 Å². The van der Waals surface area contributed by atoms with E-state index in [1.807, 2.05) is 13.8 Å². The summed E-state index contributed by atoms with van der Waals surface area (Å²) in [6.07, 6.45) is 6.60. The van der Waals surface area contributed by atoms with Crippen LogP contribution in [0.3, 0.4) is 0 Å². The van der Waals surface area contributed by atoms with Crippen molar-refractivity contribution in [2.45, 2.75) is 70.8 Å². The van der Waals surface area contributed by atoms with Gasteiger partial charge in [-0.3, -0.25) is 9.59 Å². The van der Waals surface area contributed by atoms with Gasteiger partial charge in [0.1, 0.15) is 0 Å². The molecule has 1 saturated carbocycles. The fourth-order valence-electron chi connectivity index (χ4n) is 2.83. The van der Waals surface area contributed by atoms with E-state index in [1.165, 1.54) is 12.8 Å². The van der Waals surface area contributed by atoms with Crippen LogP contribution in [0.1, 0.15) is 65.2 Å². The number of hydrogen-bond donors (Lipinski definition) is 2. The molecule has 1 fully saturated rings. The van der Waals surface area contributed by atoms with Crippen LogP contribution in [0.25, 0.3) is 0 Å². The van der Waals surface area contributed by atoms with Crippen LogP contribution in [0.15, 0.2) is 0 Å². The number of carboxylic acid groups (broad SMARTS) is 1. The molecule has 0 aromatic heterocycles. The second-order valence-electron chi connectivity index (χ2n) is 5.46. The second kappa shape index (κ2) is 6.76. The Morgan fingerprint density at radius 1 is 1.22 bits per heavy atom. The molecule has 1 aliphatic carbocycles. The maximum atomic E-state index is 12.0. The van der Waals surface area contributed by atoms with Crippen molar-refractivity contribution in [1.82, 2.24) is 5.32 Å². The molecule has 0 atom stereocenters. The largest absolute Gasteiger partial charge is 0.481 e. The zero-order chi connectivity index (χ0) is 13.6. The summed E-state index contributed by atoms with van der Waals surface area (Å²) in [5.74, 6) is -0.326. The first-order valence-corrected chi connectivity index (χ1v) is 7.04. The highest BCUT2D eigenvalue weighted by Gasteiger charge is 2.31. The average molecular weight is 255 g/mol. The summed E-state index contributed by atoms with van der Waals surface area (Å²) in [6, 6.07) is 0. The Hall–Kier alpha value is -1.06. The van der Waals surface area contributed by atoms with Gasteiger partial charge >= 0.3 is 5.97 Å². The minimum atomic E-state index is -0.847. The molecular weight excluding hydrogens is 230 g/mol. The molecule has 0 bridgehead atoms. The van der Waals surface area contributed by atoms with Crippen LogP contribution < -0.4 is 5.32 Å². The Morgan fingerprint density at radius 3 is 2.22 bits per heavy atom. The van der Waals surface area contributed by atoms with E-state index in [2.05, 4.69) is 5.32 Å². The molecule has 0 aromatic carbocycles. The molecule has 1 rings (SSSR count). The molecule has 4 nitrogen and oxygen atoms in total. The summed E-state index contributed by atoms with van der Waals surface area (Å²) in [5.41, 5.74) is -0.568. The number of amides is 1. The van der Waals surface area contributed by atoms with E-state index in [0.717, 1.165) is 12.8 Å². The number of carbonyl (C=O) groups excluding carboxylic acids is 1. The molecule has 0 spiro atoms. The van der Waals surface area contributed by atoms with Crippen molar-refractivity contribution in [2.24, 2.45) is 5.92 Å². The quantitative estimate of drug-likeness (QED) is 0.735. The highest BCUT2D eigenvalue weighted by molar-refractivity contribution is 5.78. The number of hydrogen-bond acceptors (Lipinski definition) is 2. The predicted molar refractivity (Wildman–Crippen MR) is 70.3 cm³/mol. The van der Waals surface area contributed by atoms with Crippen molar-refractivity contribution in [3.8, 4) is 0 Å².